The van der Waals surface area contributed by atoms with E-state index < -0.39 is 23.7 Å². The van der Waals surface area contributed by atoms with Crippen molar-refractivity contribution in [3.05, 3.63) is 0 Å². The highest BCUT2D eigenvalue weighted by Crippen LogP contribution is 2.08. The highest BCUT2D eigenvalue weighted by molar-refractivity contribution is 5.81. The Kier molecular flexibility index (Phi) is 7.42. The van der Waals surface area contributed by atoms with Gasteiger partial charge >= 0.3 is 12.1 Å². The van der Waals surface area contributed by atoms with Crippen LogP contribution in [0.4, 0.5) is 4.79 Å². The first-order valence-corrected chi connectivity index (χ1v) is 6.28. The summed E-state index contributed by atoms with van der Waals surface area (Å²) in [5.74, 6) is -0.555. The molecule has 8 heteroatoms. The molecule has 0 aromatic heterocycles. The van der Waals surface area contributed by atoms with Crippen molar-refractivity contribution in [1.82, 2.24) is 5.32 Å². The molecule has 0 aliphatic carbocycles. The lowest BCUT2D eigenvalue weighted by Gasteiger charge is -2.22. The fraction of sp³-hybridized carbons (Fsp3) is 0.750. The molecule has 0 saturated carbocycles. The lowest BCUT2D eigenvalue weighted by atomic mass is 10.1. The molecule has 1 atom stereocenters. The third kappa shape index (κ3) is 9.01. The number of alkyl carbamates (subject to hydrolysis) is 1. The van der Waals surface area contributed by atoms with Crippen molar-refractivity contribution in [3.8, 4) is 0 Å². The van der Waals surface area contributed by atoms with Crippen LogP contribution in [0, 0.1) is 0 Å². The Balaban J connectivity index is 4.39. The Bertz CT molecular complexity index is 359. The van der Waals surface area contributed by atoms with Crippen molar-refractivity contribution >= 4 is 18.0 Å². The maximum Gasteiger partial charge on any atom is 0.408 e. The van der Waals surface area contributed by atoms with Crippen molar-refractivity contribution < 1.29 is 19.1 Å². The summed E-state index contributed by atoms with van der Waals surface area (Å²) in [6.07, 6.45) is 0.200. The van der Waals surface area contributed by atoms with Crippen LogP contribution >= 0.6 is 0 Å². The Morgan fingerprint density at radius 3 is 2.35 bits per heavy atom. The molecule has 0 bridgehead atoms. The molecule has 0 aliphatic heterocycles. The van der Waals surface area contributed by atoms with E-state index in [1.54, 1.807) is 20.8 Å². The molecule has 0 radical (unpaired) electrons. The number of methoxy groups -OCH3 is 1. The van der Waals surface area contributed by atoms with E-state index in [4.69, 9.17) is 16.2 Å². The predicted octanol–water partition coefficient (Wildman–Crippen LogP) is 0.106. The summed E-state index contributed by atoms with van der Waals surface area (Å²) in [6.45, 7) is 5.57. The fourth-order valence-electron chi connectivity index (χ4n) is 1.34. The van der Waals surface area contributed by atoms with Crippen molar-refractivity contribution in [2.24, 2.45) is 16.5 Å². The smallest absolute Gasteiger partial charge is 0.408 e. The number of carbonyl (C=O) groups is 2. The van der Waals surface area contributed by atoms with E-state index in [2.05, 4.69) is 15.0 Å². The van der Waals surface area contributed by atoms with Crippen molar-refractivity contribution in [3.63, 3.8) is 0 Å². The Morgan fingerprint density at radius 1 is 1.30 bits per heavy atom. The number of guanidine groups is 1. The number of nitrogens with zero attached hydrogens (tertiary/aromatic N) is 1. The second kappa shape index (κ2) is 8.23. The molecule has 0 rings (SSSR count). The molecular formula is C12H24N4O4. The molecule has 0 fully saturated rings. The van der Waals surface area contributed by atoms with Crippen molar-refractivity contribution in [1.29, 1.82) is 0 Å². The number of ether oxygens (including phenoxy) is 2. The monoisotopic (exact) mass is 288 g/mol. The lowest BCUT2D eigenvalue weighted by molar-refractivity contribution is -0.143. The summed E-state index contributed by atoms with van der Waals surface area (Å²) in [5.41, 5.74) is 9.75. The zero-order valence-corrected chi connectivity index (χ0v) is 12.4. The number of nitrogens with two attached hydrogens (primary N) is 2. The van der Waals surface area contributed by atoms with Gasteiger partial charge < -0.3 is 26.3 Å². The summed E-state index contributed by atoms with van der Waals surface area (Å²) < 4.78 is 9.71. The summed E-state index contributed by atoms with van der Waals surface area (Å²) in [6, 6.07) is -0.788. The van der Waals surface area contributed by atoms with E-state index in [1.807, 2.05) is 0 Å². The van der Waals surface area contributed by atoms with Crippen LogP contribution in [0.2, 0.25) is 0 Å². The number of hydrogen-bond donors (Lipinski definition) is 3. The van der Waals surface area contributed by atoms with Gasteiger partial charge in [-0.2, -0.15) is 0 Å². The van der Waals surface area contributed by atoms with Crippen molar-refractivity contribution in [2.75, 3.05) is 13.7 Å². The molecule has 0 saturated heterocycles. The van der Waals surface area contributed by atoms with Gasteiger partial charge in [0.25, 0.3) is 0 Å². The Hall–Kier alpha value is -1.99. The van der Waals surface area contributed by atoms with Crippen LogP contribution < -0.4 is 16.8 Å². The first kappa shape index (κ1) is 18.0. The van der Waals surface area contributed by atoms with Crippen molar-refractivity contribution in [2.45, 2.75) is 45.3 Å². The quantitative estimate of drug-likeness (QED) is 0.275. The van der Waals surface area contributed by atoms with Gasteiger partial charge in [-0.1, -0.05) is 0 Å². The van der Waals surface area contributed by atoms with Gasteiger partial charge in [-0.05, 0) is 33.6 Å². The average molecular weight is 288 g/mol. The number of amides is 1. The minimum Gasteiger partial charge on any atom is -0.467 e. The summed E-state index contributed by atoms with van der Waals surface area (Å²) in [7, 11) is 1.25. The highest BCUT2D eigenvalue weighted by atomic mass is 16.6. The van der Waals surface area contributed by atoms with Gasteiger partial charge in [0, 0.05) is 6.54 Å². The molecule has 0 aromatic rings. The van der Waals surface area contributed by atoms with E-state index in [1.165, 1.54) is 7.11 Å². The van der Waals surface area contributed by atoms with Crippen LogP contribution in [-0.4, -0.2) is 43.3 Å². The Morgan fingerprint density at radius 2 is 1.90 bits per heavy atom. The number of nitrogens with one attached hydrogen (secondary N) is 1. The van der Waals surface area contributed by atoms with Crippen LogP contribution in [0.25, 0.3) is 0 Å². The number of aliphatic imine (C=N–C) groups is 1. The van der Waals surface area contributed by atoms with Gasteiger partial charge in [0.05, 0.1) is 7.11 Å². The molecule has 8 nitrogen and oxygen atoms in total. The zero-order chi connectivity index (χ0) is 15.8. The maximum atomic E-state index is 11.6. The standard InChI is InChI=1S/C12H24N4O4/c1-12(2,3)20-11(18)16-8(9(17)19-4)6-5-7-15-10(13)14/h8H,5-7H2,1-4H3,(H,16,18)(H4,13,14,15)/t8-/m1/s1. The van der Waals surface area contributed by atoms with E-state index >= 15 is 0 Å². The van der Waals surface area contributed by atoms with Gasteiger partial charge in [0.15, 0.2) is 5.96 Å². The highest BCUT2D eigenvalue weighted by Gasteiger charge is 2.24. The molecule has 1 amide bonds. The second-order valence-corrected chi connectivity index (χ2v) is 5.17. The predicted molar refractivity (Wildman–Crippen MR) is 75.1 cm³/mol. The summed E-state index contributed by atoms with van der Waals surface area (Å²) in [5, 5.41) is 2.47. The third-order valence-electron chi connectivity index (χ3n) is 2.12. The molecular weight excluding hydrogens is 264 g/mol. The van der Waals surface area contributed by atoms with Gasteiger partial charge in [-0.3, -0.25) is 4.99 Å². The minimum absolute atomic E-state index is 0.0141. The largest absolute Gasteiger partial charge is 0.467 e. The molecule has 5 N–H and O–H groups in total. The van der Waals surface area contributed by atoms with Gasteiger partial charge in [-0.25, -0.2) is 9.59 Å². The molecule has 0 heterocycles. The second-order valence-electron chi connectivity index (χ2n) is 5.17. The lowest BCUT2D eigenvalue weighted by Crippen LogP contribution is -2.44. The van der Waals surface area contributed by atoms with Crippen LogP contribution in [0.3, 0.4) is 0 Å². The van der Waals surface area contributed by atoms with Gasteiger partial charge in [-0.15, -0.1) is 0 Å². The minimum atomic E-state index is -0.788. The first-order chi connectivity index (χ1) is 9.15. The number of rotatable bonds is 6. The van der Waals surface area contributed by atoms with Crippen LogP contribution in [0.1, 0.15) is 33.6 Å². The maximum absolute atomic E-state index is 11.6. The molecule has 0 unspecified atom stereocenters. The molecule has 20 heavy (non-hydrogen) atoms. The normalized spacial score (nSPS) is 12.2. The summed E-state index contributed by atoms with van der Waals surface area (Å²) in [4.78, 5) is 27.0. The average Bonchev–Trinajstić information content (AvgIpc) is 2.29. The molecule has 0 aliphatic rings. The van der Waals surface area contributed by atoms with Crippen LogP contribution in [0.15, 0.2) is 4.99 Å². The summed E-state index contributed by atoms with van der Waals surface area (Å²) >= 11 is 0. The number of esters is 1. The third-order valence-corrected chi connectivity index (χ3v) is 2.12. The first-order valence-electron chi connectivity index (χ1n) is 6.28. The van der Waals surface area contributed by atoms with Gasteiger partial charge in [0.1, 0.15) is 11.6 Å². The molecule has 116 valence electrons. The van der Waals surface area contributed by atoms with E-state index in [0.717, 1.165) is 0 Å². The van der Waals surface area contributed by atoms with E-state index in [9.17, 15) is 9.59 Å². The topological polar surface area (TPSA) is 129 Å². The fourth-order valence-corrected chi connectivity index (χ4v) is 1.34. The molecule has 0 aromatic carbocycles. The molecule has 0 spiro atoms. The van der Waals surface area contributed by atoms with Crippen LogP contribution in [-0.2, 0) is 14.3 Å². The number of hydrogen-bond acceptors (Lipinski definition) is 5. The van der Waals surface area contributed by atoms with E-state index in [-0.39, 0.29) is 5.96 Å². The number of carbonyl (C=O) groups excluding carboxylic acids is 2. The Labute approximate surface area is 118 Å². The van der Waals surface area contributed by atoms with Gasteiger partial charge in [0.2, 0.25) is 0 Å². The zero-order valence-electron chi connectivity index (χ0n) is 12.4. The van der Waals surface area contributed by atoms with E-state index in [0.29, 0.717) is 19.4 Å². The van der Waals surface area contributed by atoms with Crippen LogP contribution in [0.5, 0.6) is 0 Å². The SMILES string of the molecule is COC(=O)[C@@H](CCCN=C(N)N)NC(=O)OC(C)(C)C.